The Hall–Kier alpha value is -2.44. The molecule has 7 nitrogen and oxygen atoms in total. The normalized spacial score (nSPS) is 9.86. The molecule has 0 aliphatic heterocycles. The molecule has 0 aliphatic rings. The molecule has 1 N–H and O–H groups in total. The molecular weight excluding hydrogens is 280 g/mol. The Morgan fingerprint density at radius 3 is 2.43 bits per heavy atom. The van der Waals surface area contributed by atoms with Crippen molar-refractivity contribution < 1.29 is 33.6 Å². The second-order valence-electron chi connectivity index (χ2n) is 4.03. The number of carbonyl (C=O) groups is 2. The van der Waals surface area contributed by atoms with E-state index in [4.69, 9.17) is 9.47 Å². The van der Waals surface area contributed by atoms with Gasteiger partial charge in [-0.2, -0.15) is 0 Å². The van der Waals surface area contributed by atoms with E-state index in [2.05, 4.69) is 9.47 Å². The van der Waals surface area contributed by atoms with Crippen LogP contribution < -0.4 is 9.47 Å². The molecule has 21 heavy (non-hydrogen) atoms. The fourth-order valence-electron chi connectivity index (χ4n) is 1.48. The number of hydrogen-bond acceptors (Lipinski definition) is 7. The molecule has 0 heterocycles. The summed E-state index contributed by atoms with van der Waals surface area (Å²) in [4.78, 5) is 22.6. The summed E-state index contributed by atoms with van der Waals surface area (Å²) in [5, 5.41) is 9.94. The number of esters is 2. The van der Waals surface area contributed by atoms with Gasteiger partial charge in [0.2, 0.25) is 5.75 Å². The second-order valence-corrected chi connectivity index (χ2v) is 4.03. The largest absolute Gasteiger partial charge is 0.504 e. The molecule has 0 saturated heterocycles. The molecule has 0 spiro atoms. The lowest BCUT2D eigenvalue weighted by Crippen LogP contribution is -2.14. The van der Waals surface area contributed by atoms with Gasteiger partial charge >= 0.3 is 11.9 Å². The first-order valence-electron chi connectivity index (χ1n) is 6.31. The van der Waals surface area contributed by atoms with Crippen molar-refractivity contribution in [3.63, 3.8) is 0 Å². The number of ether oxygens (including phenoxy) is 4. The molecular formula is C14H18O7. The zero-order valence-corrected chi connectivity index (χ0v) is 12.2. The van der Waals surface area contributed by atoms with Crippen LogP contribution >= 0.6 is 0 Å². The zero-order chi connectivity index (χ0) is 15.8. The molecule has 1 rings (SSSR count). The van der Waals surface area contributed by atoms with Crippen molar-refractivity contribution in [1.82, 2.24) is 0 Å². The smallest absolute Gasteiger partial charge is 0.343 e. The number of aromatic hydroxyl groups is 1. The minimum atomic E-state index is -0.643. The van der Waals surface area contributed by atoms with Crippen molar-refractivity contribution in [3.8, 4) is 17.2 Å². The van der Waals surface area contributed by atoms with Gasteiger partial charge in [-0.05, 0) is 18.6 Å². The van der Waals surface area contributed by atoms with Crippen molar-refractivity contribution in [2.75, 3.05) is 27.4 Å². The molecule has 0 saturated carbocycles. The van der Waals surface area contributed by atoms with Gasteiger partial charge in [-0.1, -0.05) is 6.92 Å². The SMILES string of the molecule is CCCOc1c(O)cc(C(=O)OC)cc1OCC(=O)OC. The van der Waals surface area contributed by atoms with Crippen molar-refractivity contribution in [1.29, 1.82) is 0 Å². The van der Waals surface area contributed by atoms with E-state index in [1.807, 2.05) is 6.92 Å². The fraction of sp³-hybridized carbons (Fsp3) is 0.429. The molecule has 116 valence electrons. The van der Waals surface area contributed by atoms with Crippen molar-refractivity contribution in [2.24, 2.45) is 0 Å². The van der Waals surface area contributed by atoms with E-state index >= 15 is 0 Å². The van der Waals surface area contributed by atoms with Crippen LogP contribution in [-0.2, 0) is 14.3 Å². The maximum atomic E-state index is 11.5. The van der Waals surface area contributed by atoms with Gasteiger partial charge in [-0.25, -0.2) is 9.59 Å². The maximum Gasteiger partial charge on any atom is 0.343 e. The van der Waals surface area contributed by atoms with Crippen LogP contribution in [-0.4, -0.2) is 44.5 Å². The van der Waals surface area contributed by atoms with E-state index in [9.17, 15) is 14.7 Å². The van der Waals surface area contributed by atoms with Gasteiger partial charge in [0, 0.05) is 0 Å². The van der Waals surface area contributed by atoms with Gasteiger partial charge in [0.05, 0.1) is 26.4 Å². The highest BCUT2D eigenvalue weighted by Gasteiger charge is 2.18. The summed E-state index contributed by atoms with van der Waals surface area (Å²) in [7, 11) is 2.44. The summed E-state index contributed by atoms with van der Waals surface area (Å²) < 4.78 is 19.6. The van der Waals surface area contributed by atoms with E-state index in [0.717, 1.165) is 0 Å². The molecule has 0 aliphatic carbocycles. The molecule has 1 aromatic rings. The van der Waals surface area contributed by atoms with Crippen LogP contribution in [0.3, 0.4) is 0 Å². The van der Waals surface area contributed by atoms with Crippen LogP contribution in [0.4, 0.5) is 0 Å². The molecule has 0 atom stereocenters. The molecule has 0 aromatic heterocycles. The van der Waals surface area contributed by atoms with Gasteiger partial charge in [0.25, 0.3) is 0 Å². The van der Waals surface area contributed by atoms with E-state index in [-0.39, 0.29) is 29.4 Å². The number of carbonyl (C=O) groups excluding carboxylic acids is 2. The molecule has 1 aromatic carbocycles. The van der Waals surface area contributed by atoms with Crippen LogP contribution in [0, 0.1) is 0 Å². The first kappa shape index (κ1) is 16.6. The number of methoxy groups -OCH3 is 2. The first-order chi connectivity index (χ1) is 10.0. The number of phenolic OH excluding ortho intramolecular Hbond substituents is 1. The van der Waals surface area contributed by atoms with Crippen LogP contribution in [0.2, 0.25) is 0 Å². The van der Waals surface area contributed by atoms with Crippen LogP contribution in [0.25, 0.3) is 0 Å². The molecule has 0 unspecified atom stereocenters. The Bertz CT molecular complexity index is 510. The van der Waals surface area contributed by atoms with E-state index in [0.29, 0.717) is 13.0 Å². The highest BCUT2D eigenvalue weighted by Crippen LogP contribution is 2.38. The average molecular weight is 298 g/mol. The average Bonchev–Trinajstić information content (AvgIpc) is 2.50. The third-order valence-electron chi connectivity index (χ3n) is 2.48. The Morgan fingerprint density at radius 1 is 1.14 bits per heavy atom. The topological polar surface area (TPSA) is 91.3 Å². The zero-order valence-electron chi connectivity index (χ0n) is 12.2. The fourth-order valence-corrected chi connectivity index (χ4v) is 1.48. The van der Waals surface area contributed by atoms with Crippen molar-refractivity contribution in [3.05, 3.63) is 17.7 Å². The number of benzene rings is 1. The number of rotatable bonds is 7. The van der Waals surface area contributed by atoms with E-state index in [1.165, 1.54) is 26.4 Å². The van der Waals surface area contributed by atoms with E-state index < -0.39 is 11.9 Å². The van der Waals surface area contributed by atoms with Crippen LogP contribution in [0.15, 0.2) is 12.1 Å². The monoisotopic (exact) mass is 298 g/mol. The van der Waals surface area contributed by atoms with Gasteiger partial charge in [0.15, 0.2) is 18.1 Å². The number of hydrogen-bond donors (Lipinski definition) is 1. The summed E-state index contributed by atoms with van der Waals surface area (Å²) in [6.07, 6.45) is 0.717. The summed E-state index contributed by atoms with van der Waals surface area (Å²) in [6, 6.07) is 2.54. The van der Waals surface area contributed by atoms with Gasteiger partial charge < -0.3 is 24.1 Å². The molecule has 0 fully saturated rings. The highest BCUT2D eigenvalue weighted by atomic mass is 16.6. The van der Waals surface area contributed by atoms with Crippen molar-refractivity contribution >= 4 is 11.9 Å². The minimum Gasteiger partial charge on any atom is -0.504 e. The van der Waals surface area contributed by atoms with Gasteiger partial charge in [-0.3, -0.25) is 0 Å². The Morgan fingerprint density at radius 2 is 1.86 bits per heavy atom. The predicted octanol–water partition coefficient (Wildman–Crippen LogP) is 1.52. The van der Waals surface area contributed by atoms with Crippen LogP contribution in [0.5, 0.6) is 17.2 Å². The molecule has 0 amide bonds. The van der Waals surface area contributed by atoms with E-state index in [1.54, 1.807) is 0 Å². The lowest BCUT2D eigenvalue weighted by molar-refractivity contribution is -0.142. The van der Waals surface area contributed by atoms with Gasteiger partial charge in [0.1, 0.15) is 0 Å². The lowest BCUT2D eigenvalue weighted by Gasteiger charge is -2.14. The minimum absolute atomic E-state index is 0.0633. The van der Waals surface area contributed by atoms with Crippen molar-refractivity contribution in [2.45, 2.75) is 13.3 Å². The quantitative estimate of drug-likeness (QED) is 0.763. The Balaban J connectivity index is 3.09. The maximum absolute atomic E-state index is 11.5. The van der Waals surface area contributed by atoms with Gasteiger partial charge in [-0.15, -0.1) is 0 Å². The summed E-state index contributed by atoms with van der Waals surface area (Å²) in [5.41, 5.74) is 0.0821. The van der Waals surface area contributed by atoms with Crippen LogP contribution in [0.1, 0.15) is 23.7 Å². The summed E-state index contributed by atoms with van der Waals surface area (Å²) in [5.74, 6) is -1.39. The standard InChI is InChI=1S/C14H18O7/c1-4-5-20-13-10(15)6-9(14(17)19-3)7-11(13)21-8-12(16)18-2/h6-7,15H,4-5,8H2,1-3H3. The predicted molar refractivity (Wildman–Crippen MR) is 72.7 cm³/mol. The summed E-state index contributed by atoms with van der Waals surface area (Å²) >= 11 is 0. The lowest BCUT2D eigenvalue weighted by atomic mass is 10.2. The third-order valence-corrected chi connectivity index (χ3v) is 2.48. The second kappa shape index (κ2) is 7.98. The Kier molecular flexibility index (Phi) is 6.32. The Labute approximate surface area is 122 Å². The summed E-state index contributed by atoms with van der Waals surface area (Å²) in [6.45, 7) is 1.87. The third kappa shape index (κ3) is 4.55. The number of phenols is 1. The molecule has 0 radical (unpaired) electrons. The first-order valence-corrected chi connectivity index (χ1v) is 6.31. The highest BCUT2D eigenvalue weighted by molar-refractivity contribution is 5.91. The molecule has 0 bridgehead atoms. The molecule has 7 heteroatoms.